The van der Waals surface area contributed by atoms with Crippen molar-refractivity contribution < 1.29 is 23.1 Å². The topological polar surface area (TPSA) is 83.9 Å². The lowest BCUT2D eigenvalue weighted by Gasteiger charge is -2.48. The summed E-state index contributed by atoms with van der Waals surface area (Å²) in [6, 6.07) is 13.1. The fourth-order valence-corrected chi connectivity index (χ4v) is 6.04. The lowest BCUT2D eigenvalue weighted by molar-refractivity contribution is -0.180. The second-order valence-corrected chi connectivity index (χ2v) is 13.5. The Morgan fingerprint density at radius 1 is 1.06 bits per heavy atom. The molecule has 35 heavy (non-hydrogen) atoms. The van der Waals surface area contributed by atoms with Crippen molar-refractivity contribution in [2.75, 3.05) is 12.4 Å². The monoisotopic (exact) mass is 541 g/mol. The quantitative estimate of drug-likeness (QED) is 0.485. The Morgan fingerprint density at radius 2 is 1.71 bits per heavy atom. The Bertz CT molecular complexity index is 1130. The van der Waals surface area contributed by atoms with Crippen molar-refractivity contribution in [1.29, 1.82) is 0 Å². The van der Waals surface area contributed by atoms with Crippen molar-refractivity contribution in [2.24, 2.45) is 0 Å². The number of rotatable bonds is 8. The van der Waals surface area contributed by atoms with Gasteiger partial charge in [-0.15, -0.1) is 0 Å². The molecule has 0 aliphatic carbocycles. The van der Waals surface area contributed by atoms with Crippen LogP contribution in [0.5, 0.6) is 0 Å². The molecule has 1 fully saturated rings. The summed E-state index contributed by atoms with van der Waals surface area (Å²) in [5, 5.41) is 10.7. The number of amides is 1. The minimum Gasteiger partial charge on any atom is -0.396 e. The van der Waals surface area contributed by atoms with Crippen molar-refractivity contribution in [3.8, 4) is 0 Å². The molecule has 3 rings (SSSR count). The molecule has 0 aromatic heterocycles. The van der Waals surface area contributed by atoms with E-state index in [0.29, 0.717) is 16.5 Å². The molecule has 1 heterocycles. The summed E-state index contributed by atoms with van der Waals surface area (Å²) in [7, 11) is -3.54. The number of aliphatic hydroxyl groups is 1. The van der Waals surface area contributed by atoms with E-state index in [-0.39, 0.29) is 24.7 Å². The lowest BCUT2D eigenvalue weighted by Crippen LogP contribution is -2.57. The van der Waals surface area contributed by atoms with Crippen LogP contribution in [0.4, 0.5) is 0 Å². The normalized spacial score (nSPS) is 22.3. The molecule has 2 aromatic carbocycles. The van der Waals surface area contributed by atoms with Crippen LogP contribution >= 0.6 is 23.2 Å². The van der Waals surface area contributed by atoms with E-state index in [1.807, 2.05) is 31.2 Å². The molecular formula is C26H33Cl2NO5S. The van der Waals surface area contributed by atoms with Crippen molar-refractivity contribution in [2.45, 2.75) is 69.6 Å². The fraction of sp³-hybridized carbons (Fsp3) is 0.500. The molecule has 0 saturated carbocycles. The van der Waals surface area contributed by atoms with Gasteiger partial charge in [0.2, 0.25) is 0 Å². The number of hydrogen-bond acceptors (Lipinski definition) is 5. The molecule has 1 N–H and O–H groups in total. The summed E-state index contributed by atoms with van der Waals surface area (Å²) in [4.78, 5) is 15.4. The molecule has 4 unspecified atom stereocenters. The zero-order valence-electron chi connectivity index (χ0n) is 20.4. The van der Waals surface area contributed by atoms with E-state index in [4.69, 9.17) is 27.9 Å². The summed E-state index contributed by atoms with van der Waals surface area (Å²) < 4.78 is 31.8. The van der Waals surface area contributed by atoms with Crippen LogP contribution in [-0.4, -0.2) is 53.6 Å². The Kier molecular flexibility index (Phi) is 8.92. The smallest absolute Gasteiger partial charge is 0.252 e. The summed E-state index contributed by atoms with van der Waals surface area (Å²) in [6.45, 7) is 6.62. The van der Waals surface area contributed by atoms with Crippen LogP contribution in [-0.2, 0) is 19.4 Å². The SMILES string of the molecule is CCC(CS(=O)(=O)C(C)(C)C)N1C(=O)C(CCO)OC(c2cccc(Cl)c2)C1c1ccc(Cl)cc1. The molecule has 0 bridgehead atoms. The standard InChI is InChI=1S/C26H33Cl2NO5S/c1-5-21(16-35(32,33)26(2,3)4)29-23(17-9-11-19(27)12-10-17)24(18-7-6-8-20(28)15-18)34-22(13-14-30)25(29)31/h6-12,15,21-24,30H,5,13-14,16H2,1-4H3. The Hall–Kier alpha value is -1.64. The lowest BCUT2D eigenvalue weighted by atomic mass is 9.89. The average Bonchev–Trinajstić information content (AvgIpc) is 2.78. The van der Waals surface area contributed by atoms with E-state index in [2.05, 4.69) is 0 Å². The first-order valence-corrected chi connectivity index (χ1v) is 14.1. The summed E-state index contributed by atoms with van der Waals surface area (Å²) >= 11 is 12.4. The highest BCUT2D eigenvalue weighted by Crippen LogP contribution is 2.45. The van der Waals surface area contributed by atoms with Crippen LogP contribution in [0.15, 0.2) is 48.5 Å². The second-order valence-electron chi connectivity index (χ2n) is 9.81. The third-order valence-electron chi connectivity index (χ3n) is 6.42. The van der Waals surface area contributed by atoms with Gasteiger partial charge in [-0.1, -0.05) is 54.4 Å². The van der Waals surface area contributed by atoms with Crippen LogP contribution in [0.25, 0.3) is 0 Å². The third kappa shape index (κ3) is 6.20. The maximum absolute atomic E-state index is 13.8. The summed E-state index contributed by atoms with van der Waals surface area (Å²) in [5.41, 5.74) is 1.52. The van der Waals surface area contributed by atoms with Gasteiger partial charge in [-0.25, -0.2) is 8.42 Å². The Balaban J connectivity index is 2.19. The summed E-state index contributed by atoms with van der Waals surface area (Å²) in [6.07, 6.45) is -1.02. The molecule has 1 aliphatic heterocycles. The number of ether oxygens (including phenoxy) is 1. The number of hydrogen-bond donors (Lipinski definition) is 1. The van der Waals surface area contributed by atoms with Gasteiger partial charge in [0.15, 0.2) is 9.84 Å². The van der Waals surface area contributed by atoms with Crippen LogP contribution in [0.3, 0.4) is 0 Å². The van der Waals surface area contributed by atoms with Gasteiger partial charge >= 0.3 is 0 Å². The summed E-state index contributed by atoms with van der Waals surface area (Å²) in [5.74, 6) is -0.523. The van der Waals surface area contributed by atoms with E-state index in [1.54, 1.807) is 49.9 Å². The highest BCUT2D eigenvalue weighted by Gasteiger charge is 2.47. The van der Waals surface area contributed by atoms with Crippen LogP contribution in [0.2, 0.25) is 10.0 Å². The molecule has 0 spiro atoms. The van der Waals surface area contributed by atoms with Gasteiger partial charge in [0, 0.05) is 29.1 Å². The molecule has 192 valence electrons. The van der Waals surface area contributed by atoms with E-state index >= 15 is 0 Å². The number of halogens is 2. The van der Waals surface area contributed by atoms with Gasteiger partial charge in [0.25, 0.3) is 5.91 Å². The number of nitrogens with zero attached hydrogens (tertiary/aromatic N) is 1. The van der Waals surface area contributed by atoms with Gasteiger partial charge in [0.05, 0.1) is 16.5 Å². The number of morpholine rings is 1. The largest absolute Gasteiger partial charge is 0.396 e. The number of benzene rings is 2. The van der Waals surface area contributed by atoms with E-state index in [9.17, 15) is 18.3 Å². The minimum atomic E-state index is -3.54. The molecule has 1 saturated heterocycles. The molecule has 1 aliphatic rings. The average molecular weight is 543 g/mol. The maximum Gasteiger partial charge on any atom is 0.252 e. The van der Waals surface area contributed by atoms with Crippen LogP contribution < -0.4 is 0 Å². The van der Waals surface area contributed by atoms with Crippen molar-refractivity contribution >= 4 is 38.9 Å². The molecule has 1 amide bonds. The number of carbonyl (C=O) groups excluding carboxylic acids is 1. The first-order chi connectivity index (χ1) is 16.4. The number of aliphatic hydroxyl groups excluding tert-OH is 1. The van der Waals surface area contributed by atoms with E-state index in [1.165, 1.54) is 0 Å². The van der Waals surface area contributed by atoms with Crippen molar-refractivity contribution in [3.63, 3.8) is 0 Å². The number of sulfone groups is 1. The van der Waals surface area contributed by atoms with E-state index in [0.717, 1.165) is 11.1 Å². The maximum atomic E-state index is 13.8. The first kappa shape index (κ1) is 27.9. The van der Waals surface area contributed by atoms with E-state index < -0.39 is 38.9 Å². The zero-order chi connectivity index (χ0) is 26.0. The molecule has 6 nitrogen and oxygen atoms in total. The Morgan fingerprint density at radius 3 is 2.26 bits per heavy atom. The molecule has 4 atom stereocenters. The minimum absolute atomic E-state index is 0.0994. The first-order valence-electron chi connectivity index (χ1n) is 11.7. The Labute approximate surface area is 218 Å². The highest BCUT2D eigenvalue weighted by atomic mass is 35.5. The zero-order valence-corrected chi connectivity index (χ0v) is 22.8. The van der Waals surface area contributed by atoms with Crippen molar-refractivity contribution in [3.05, 3.63) is 69.7 Å². The molecule has 9 heteroatoms. The van der Waals surface area contributed by atoms with Gasteiger partial charge in [0.1, 0.15) is 12.2 Å². The van der Waals surface area contributed by atoms with Gasteiger partial charge in [-0.3, -0.25) is 4.79 Å². The molecule has 2 aromatic rings. The molecular weight excluding hydrogens is 509 g/mol. The highest BCUT2D eigenvalue weighted by molar-refractivity contribution is 7.92. The number of carbonyl (C=O) groups is 1. The van der Waals surface area contributed by atoms with Crippen LogP contribution in [0, 0.1) is 0 Å². The molecule has 0 radical (unpaired) electrons. The predicted molar refractivity (Wildman–Crippen MR) is 139 cm³/mol. The third-order valence-corrected chi connectivity index (χ3v) is 9.59. The predicted octanol–water partition coefficient (Wildman–Crippen LogP) is 5.38. The van der Waals surface area contributed by atoms with Crippen molar-refractivity contribution in [1.82, 2.24) is 4.90 Å². The second kappa shape index (κ2) is 11.2. The van der Waals surface area contributed by atoms with Gasteiger partial charge in [-0.2, -0.15) is 0 Å². The van der Waals surface area contributed by atoms with Gasteiger partial charge < -0.3 is 14.7 Å². The van der Waals surface area contributed by atoms with Gasteiger partial charge in [-0.05, 0) is 62.6 Å². The fourth-order valence-electron chi connectivity index (χ4n) is 4.31. The van der Waals surface area contributed by atoms with Crippen LogP contribution in [0.1, 0.15) is 63.8 Å².